The van der Waals surface area contributed by atoms with Gasteiger partial charge in [0.05, 0.1) is 0 Å². The number of fused-ring (bicyclic) bond motifs is 2. The van der Waals surface area contributed by atoms with Crippen molar-refractivity contribution < 1.29 is 4.79 Å². The summed E-state index contributed by atoms with van der Waals surface area (Å²) in [6, 6.07) is 4.57. The number of Topliss-reactive ketones (excluding diaryl/α,β-unsaturated/α-hetero) is 1. The number of carbonyl (C=O) groups excluding carboxylic acids is 1. The maximum absolute atomic E-state index is 12.4. The molecule has 1 aromatic heterocycles. The lowest BCUT2D eigenvalue weighted by Gasteiger charge is -2.07. The summed E-state index contributed by atoms with van der Waals surface area (Å²) in [6.45, 7) is 9.21. The molecule has 0 N–H and O–H groups in total. The number of aryl methyl sites for hydroxylation is 1. The fourth-order valence-electron chi connectivity index (χ4n) is 3.58. The van der Waals surface area contributed by atoms with Gasteiger partial charge in [0.2, 0.25) is 0 Å². The summed E-state index contributed by atoms with van der Waals surface area (Å²) in [5, 5.41) is 1.15. The number of aromatic nitrogens is 1. The Morgan fingerprint density at radius 2 is 1.86 bits per heavy atom. The zero-order valence-electron chi connectivity index (χ0n) is 13.5. The van der Waals surface area contributed by atoms with Crippen molar-refractivity contribution in [2.24, 2.45) is 0 Å². The first-order valence-electron chi connectivity index (χ1n) is 7.93. The van der Waals surface area contributed by atoms with Crippen LogP contribution in [0.5, 0.6) is 0 Å². The molecular formula is C18H24N2O. The van der Waals surface area contributed by atoms with Gasteiger partial charge in [-0.05, 0) is 43.7 Å². The van der Waals surface area contributed by atoms with Crippen LogP contribution in [0.4, 0.5) is 0 Å². The van der Waals surface area contributed by atoms with E-state index in [1.165, 1.54) is 16.6 Å². The molecule has 1 aliphatic rings. The molecule has 0 fully saturated rings. The van der Waals surface area contributed by atoms with Gasteiger partial charge in [-0.1, -0.05) is 13.8 Å². The van der Waals surface area contributed by atoms with Gasteiger partial charge in [-0.2, -0.15) is 0 Å². The van der Waals surface area contributed by atoms with Gasteiger partial charge in [0.25, 0.3) is 0 Å². The van der Waals surface area contributed by atoms with E-state index in [1.54, 1.807) is 0 Å². The van der Waals surface area contributed by atoms with Crippen LogP contribution < -0.4 is 0 Å². The highest BCUT2D eigenvalue weighted by Gasteiger charge is 2.23. The molecule has 0 bridgehead atoms. The van der Waals surface area contributed by atoms with E-state index in [2.05, 4.69) is 42.5 Å². The molecule has 2 aromatic rings. The summed E-state index contributed by atoms with van der Waals surface area (Å²) in [4.78, 5) is 14.7. The fourth-order valence-corrected chi connectivity index (χ4v) is 3.58. The Labute approximate surface area is 126 Å². The topological polar surface area (TPSA) is 25.2 Å². The van der Waals surface area contributed by atoms with E-state index in [-0.39, 0.29) is 5.78 Å². The number of hydrogen-bond acceptors (Lipinski definition) is 2. The van der Waals surface area contributed by atoms with Gasteiger partial charge in [0, 0.05) is 48.2 Å². The minimum atomic E-state index is 0.263. The summed E-state index contributed by atoms with van der Waals surface area (Å²) in [7, 11) is 2.15. The lowest BCUT2D eigenvalue weighted by atomic mass is 10.0. The predicted octanol–water partition coefficient (Wildman–Crippen LogP) is 3.90. The van der Waals surface area contributed by atoms with E-state index in [4.69, 9.17) is 0 Å². The van der Waals surface area contributed by atoms with Gasteiger partial charge in [-0.3, -0.25) is 9.69 Å². The summed E-state index contributed by atoms with van der Waals surface area (Å²) in [6.07, 6.45) is 1.66. The normalized spacial score (nSPS) is 14.9. The lowest BCUT2D eigenvalue weighted by Crippen LogP contribution is -2.07. The third kappa shape index (κ3) is 2.20. The van der Waals surface area contributed by atoms with Crippen LogP contribution in [0, 0.1) is 6.92 Å². The Balaban J connectivity index is 2.29. The average Bonchev–Trinajstić information content (AvgIpc) is 2.94. The summed E-state index contributed by atoms with van der Waals surface area (Å²) in [5.41, 5.74) is 6.10. The third-order valence-electron chi connectivity index (χ3n) is 4.57. The molecule has 0 aliphatic carbocycles. The number of ketones is 1. The van der Waals surface area contributed by atoms with Gasteiger partial charge >= 0.3 is 0 Å². The van der Waals surface area contributed by atoms with Gasteiger partial charge < -0.3 is 4.57 Å². The fraction of sp³-hybridized carbons (Fsp3) is 0.500. The molecule has 0 atom stereocenters. The van der Waals surface area contributed by atoms with E-state index in [9.17, 15) is 4.79 Å². The van der Waals surface area contributed by atoms with Crippen molar-refractivity contribution in [1.82, 2.24) is 9.47 Å². The molecule has 3 nitrogen and oxygen atoms in total. The van der Waals surface area contributed by atoms with Crippen molar-refractivity contribution in [2.45, 2.75) is 53.2 Å². The van der Waals surface area contributed by atoms with Crippen LogP contribution in [0.2, 0.25) is 0 Å². The molecule has 0 saturated heterocycles. The SMILES string of the molecule is CCCn1c(C)c(C(=O)CC)c2cc3c(cc21)CN(C)C3. The van der Waals surface area contributed by atoms with E-state index < -0.39 is 0 Å². The predicted molar refractivity (Wildman–Crippen MR) is 86.8 cm³/mol. The van der Waals surface area contributed by atoms with Crippen molar-refractivity contribution in [1.29, 1.82) is 0 Å². The Hall–Kier alpha value is -1.61. The number of hydrogen-bond donors (Lipinski definition) is 0. The van der Waals surface area contributed by atoms with E-state index >= 15 is 0 Å². The molecule has 2 heterocycles. The van der Waals surface area contributed by atoms with Crippen LogP contribution >= 0.6 is 0 Å². The lowest BCUT2D eigenvalue weighted by molar-refractivity contribution is 0.0989. The molecule has 0 saturated carbocycles. The van der Waals surface area contributed by atoms with E-state index in [0.717, 1.165) is 42.7 Å². The van der Waals surface area contributed by atoms with Crippen LogP contribution in [0.15, 0.2) is 12.1 Å². The zero-order valence-corrected chi connectivity index (χ0v) is 13.5. The minimum absolute atomic E-state index is 0.263. The Morgan fingerprint density at radius 1 is 1.19 bits per heavy atom. The first kappa shape index (κ1) is 14.3. The molecule has 3 rings (SSSR count). The van der Waals surface area contributed by atoms with Gasteiger partial charge in [0.15, 0.2) is 5.78 Å². The quantitative estimate of drug-likeness (QED) is 0.796. The number of carbonyl (C=O) groups is 1. The van der Waals surface area contributed by atoms with Crippen LogP contribution in [0.25, 0.3) is 10.9 Å². The second-order valence-corrected chi connectivity index (χ2v) is 6.20. The van der Waals surface area contributed by atoms with Crippen molar-refractivity contribution in [3.63, 3.8) is 0 Å². The highest BCUT2D eigenvalue weighted by molar-refractivity contribution is 6.09. The van der Waals surface area contributed by atoms with Crippen LogP contribution in [0.1, 0.15) is 53.9 Å². The van der Waals surface area contributed by atoms with Gasteiger partial charge in [-0.15, -0.1) is 0 Å². The first-order valence-corrected chi connectivity index (χ1v) is 7.93. The smallest absolute Gasteiger partial charge is 0.165 e. The highest BCUT2D eigenvalue weighted by Crippen LogP contribution is 2.33. The molecule has 0 unspecified atom stereocenters. The third-order valence-corrected chi connectivity index (χ3v) is 4.57. The van der Waals surface area contributed by atoms with Crippen LogP contribution in [-0.4, -0.2) is 22.3 Å². The standard InChI is InChI=1S/C18H24N2O/c1-5-7-20-12(3)18(17(21)6-2)15-8-13-10-19(4)11-14(13)9-16(15)20/h8-9H,5-7,10-11H2,1-4H3. The Morgan fingerprint density at radius 3 is 2.48 bits per heavy atom. The van der Waals surface area contributed by atoms with E-state index in [0.29, 0.717) is 6.42 Å². The van der Waals surface area contributed by atoms with Crippen molar-refractivity contribution in [3.05, 3.63) is 34.5 Å². The van der Waals surface area contributed by atoms with Crippen molar-refractivity contribution in [3.8, 4) is 0 Å². The largest absolute Gasteiger partial charge is 0.344 e. The van der Waals surface area contributed by atoms with E-state index in [1.807, 2.05) is 6.92 Å². The van der Waals surface area contributed by atoms with Crippen molar-refractivity contribution in [2.75, 3.05) is 7.05 Å². The summed E-state index contributed by atoms with van der Waals surface area (Å²) >= 11 is 0. The molecule has 21 heavy (non-hydrogen) atoms. The molecule has 0 radical (unpaired) electrons. The zero-order chi connectivity index (χ0) is 15.1. The number of nitrogens with zero attached hydrogens (tertiary/aromatic N) is 2. The summed E-state index contributed by atoms with van der Waals surface area (Å²) in [5.74, 6) is 0.263. The molecule has 0 spiro atoms. The van der Waals surface area contributed by atoms with Crippen LogP contribution in [-0.2, 0) is 19.6 Å². The minimum Gasteiger partial charge on any atom is -0.344 e. The van der Waals surface area contributed by atoms with Gasteiger partial charge in [-0.25, -0.2) is 0 Å². The maximum Gasteiger partial charge on any atom is 0.165 e. The summed E-state index contributed by atoms with van der Waals surface area (Å²) < 4.78 is 2.33. The molecule has 112 valence electrons. The second kappa shape index (κ2) is 5.30. The maximum atomic E-state index is 12.4. The highest BCUT2D eigenvalue weighted by atomic mass is 16.1. The number of benzene rings is 1. The van der Waals surface area contributed by atoms with Gasteiger partial charge in [0.1, 0.15) is 0 Å². The monoisotopic (exact) mass is 284 g/mol. The molecule has 0 amide bonds. The number of rotatable bonds is 4. The van der Waals surface area contributed by atoms with Crippen LogP contribution in [0.3, 0.4) is 0 Å². The average molecular weight is 284 g/mol. The second-order valence-electron chi connectivity index (χ2n) is 6.20. The Kier molecular flexibility index (Phi) is 3.62. The molecular weight excluding hydrogens is 260 g/mol. The molecule has 3 heteroatoms. The first-order chi connectivity index (χ1) is 10.1. The molecule has 1 aliphatic heterocycles. The van der Waals surface area contributed by atoms with Crippen molar-refractivity contribution >= 4 is 16.7 Å². The molecule has 1 aromatic carbocycles. The Bertz CT molecular complexity index is 712.